The van der Waals surface area contributed by atoms with E-state index in [-0.39, 0.29) is 17.3 Å². The Labute approximate surface area is 186 Å². The molecule has 5 nitrogen and oxygen atoms in total. The van der Waals surface area contributed by atoms with Crippen LogP contribution in [-0.4, -0.2) is 24.7 Å². The molecule has 1 saturated carbocycles. The fourth-order valence-electron chi connectivity index (χ4n) is 3.97. The van der Waals surface area contributed by atoms with Crippen molar-refractivity contribution >= 4 is 5.97 Å². The number of benzene rings is 1. The first-order chi connectivity index (χ1) is 14.8. The Morgan fingerprint density at radius 3 is 2.65 bits per heavy atom. The zero-order valence-corrected chi connectivity index (χ0v) is 19.4. The van der Waals surface area contributed by atoms with E-state index in [1.165, 1.54) is 18.4 Å². The molecule has 1 aliphatic carbocycles. The summed E-state index contributed by atoms with van der Waals surface area (Å²) in [5.41, 5.74) is 3.45. The number of aromatic nitrogens is 1. The van der Waals surface area contributed by atoms with Crippen LogP contribution in [0.3, 0.4) is 0 Å². The fourth-order valence-corrected chi connectivity index (χ4v) is 3.97. The molecule has 3 rings (SSSR count). The van der Waals surface area contributed by atoms with Gasteiger partial charge in [0.05, 0.1) is 26.3 Å². The second kappa shape index (κ2) is 10.2. The quantitative estimate of drug-likeness (QED) is 0.457. The summed E-state index contributed by atoms with van der Waals surface area (Å²) in [5, 5.41) is 0. The molecule has 0 radical (unpaired) electrons. The predicted molar refractivity (Wildman–Crippen MR) is 121 cm³/mol. The maximum atomic E-state index is 12.1. The van der Waals surface area contributed by atoms with E-state index in [4.69, 9.17) is 14.2 Å². The van der Waals surface area contributed by atoms with Gasteiger partial charge in [0, 0.05) is 5.56 Å². The summed E-state index contributed by atoms with van der Waals surface area (Å²) in [6.45, 7) is 9.31. The molecule has 0 aliphatic heterocycles. The molecular formula is C26H35NO4. The molecule has 5 heteroatoms. The van der Waals surface area contributed by atoms with Crippen molar-refractivity contribution in [1.82, 2.24) is 4.98 Å². The lowest BCUT2D eigenvalue weighted by Crippen LogP contribution is -2.12. The molecule has 0 amide bonds. The van der Waals surface area contributed by atoms with Gasteiger partial charge in [-0.2, -0.15) is 0 Å². The SMILES string of the molecule is CCOC(=O)CC(c1cccc(COc2cnc(OC)c(CC(C)(C)C)c2)c1)C1CC1. The first-order valence-corrected chi connectivity index (χ1v) is 11.2. The molecular weight excluding hydrogens is 390 g/mol. The van der Waals surface area contributed by atoms with Crippen molar-refractivity contribution < 1.29 is 19.0 Å². The van der Waals surface area contributed by atoms with Crippen LogP contribution in [0.25, 0.3) is 0 Å². The zero-order chi connectivity index (χ0) is 22.4. The maximum Gasteiger partial charge on any atom is 0.306 e. The molecule has 1 atom stereocenters. The lowest BCUT2D eigenvalue weighted by atomic mass is 9.88. The average Bonchev–Trinajstić information content (AvgIpc) is 3.55. The van der Waals surface area contributed by atoms with Gasteiger partial charge in [-0.15, -0.1) is 0 Å². The number of pyridine rings is 1. The van der Waals surface area contributed by atoms with Crippen LogP contribution in [0.5, 0.6) is 11.6 Å². The molecule has 168 valence electrons. The van der Waals surface area contributed by atoms with Crippen LogP contribution in [0.1, 0.15) is 69.6 Å². The highest BCUT2D eigenvalue weighted by atomic mass is 16.5. The number of ether oxygens (including phenoxy) is 3. The molecule has 1 heterocycles. The molecule has 0 saturated heterocycles. The van der Waals surface area contributed by atoms with Crippen molar-refractivity contribution in [3.63, 3.8) is 0 Å². The van der Waals surface area contributed by atoms with E-state index in [1.807, 2.05) is 19.1 Å². The van der Waals surface area contributed by atoms with Gasteiger partial charge >= 0.3 is 5.97 Å². The van der Waals surface area contributed by atoms with Gasteiger partial charge in [-0.25, -0.2) is 4.98 Å². The summed E-state index contributed by atoms with van der Waals surface area (Å²) in [6.07, 6.45) is 5.37. The Bertz CT molecular complexity index is 883. The standard InChI is InChI=1S/C26H35NO4/c1-6-30-24(28)14-23(19-10-11-19)20-9-7-8-18(12-20)17-31-22-13-21(15-26(2,3)4)25(29-5)27-16-22/h7-9,12-13,16,19,23H,6,10-11,14-15,17H2,1-5H3. The summed E-state index contributed by atoms with van der Waals surface area (Å²) in [7, 11) is 1.65. The van der Waals surface area contributed by atoms with Crippen molar-refractivity contribution in [3.8, 4) is 11.6 Å². The Morgan fingerprint density at radius 1 is 1.23 bits per heavy atom. The van der Waals surface area contributed by atoms with E-state index < -0.39 is 0 Å². The van der Waals surface area contributed by atoms with Crippen molar-refractivity contribution in [1.29, 1.82) is 0 Å². The number of carbonyl (C=O) groups excluding carboxylic acids is 1. The van der Waals surface area contributed by atoms with E-state index >= 15 is 0 Å². The minimum atomic E-state index is -0.114. The topological polar surface area (TPSA) is 57.7 Å². The van der Waals surface area contributed by atoms with E-state index in [9.17, 15) is 4.79 Å². The number of esters is 1. The third-order valence-electron chi connectivity index (χ3n) is 5.48. The van der Waals surface area contributed by atoms with Crippen molar-refractivity contribution in [2.24, 2.45) is 11.3 Å². The van der Waals surface area contributed by atoms with Crippen molar-refractivity contribution in [2.75, 3.05) is 13.7 Å². The minimum absolute atomic E-state index is 0.114. The van der Waals surface area contributed by atoms with Crippen LogP contribution in [-0.2, 0) is 22.6 Å². The summed E-state index contributed by atoms with van der Waals surface area (Å²) in [6, 6.07) is 10.4. The summed E-state index contributed by atoms with van der Waals surface area (Å²) >= 11 is 0. The van der Waals surface area contributed by atoms with Gasteiger partial charge in [0.25, 0.3) is 0 Å². The Balaban J connectivity index is 1.70. The molecule has 1 unspecified atom stereocenters. The summed E-state index contributed by atoms with van der Waals surface area (Å²) < 4.78 is 16.7. The molecule has 0 N–H and O–H groups in total. The smallest absolute Gasteiger partial charge is 0.306 e. The van der Waals surface area contributed by atoms with Gasteiger partial charge in [0.2, 0.25) is 5.88 Å². The predicted octanol–water partition coefficient (Wildman–Crippen LogP) is 5.70. The van der Waals surface area contributed by atoms with Gasteiger partial charge in [-0.1, -0.05) is 45.0 Å². The molecule has 31 heavy (non-hydrogen) atoms. The highest BCUT2D eigenvalue weighted by Gasteiger charge is 2.34. The monoisotopic (exact) mass is 425 g/mol. The molecule has 0 bridgehead atoms. The second-order valence-electron chi connectivity index (χ2n) is 9.56. The van der Waals surface area contributed by atoms with Crippen LogP contribution in [0.4, 0.5) is 0 Å². The Hall–Kier alpha value is -2.56. The number of nitrogens with zero attached hydrogens (tertiary/aromatic N) is 1. The normalized spacial score (nSPS) is 14.7. The van der Waals surface area contributed by atoms with E-state index in [0.29, 0.717) is 31.4 Å². The van der Waals surface area contributed by atoms with Gasteiger partial charge in [-0.05, 0) is 60.6 Å². The van der Waals surface area contributed by atoms with Gasteiger partial charge in [0.15, 0.2) is 0 Å². The average molecular weight is 426 g/mol. The van der Waals surface area contributed by atoms with E-state index in [1.54, 1.807) is 13.3 Å². The largest absolute Gasteiger partial charge is 0.487 e. The third-order valence-corrected chi connectivity index (χ3v) is 5.48. The van der Waals surface area contributed by atoms with E-state index in [0.717, 1.165) is 23.3 Å². The highest BCUT2D eigenvalue weighted by molar-refractivity contribution is 5.70. The van der Waals surface area contributed by atoms with Crippen molar-refractivity contribution in [3.05, 3.63) is 53.2 Å². The van der Waals surface area contributed by atoms with Gasteiger partial charge in [-0.3, -0.25) is 4.79 Å². The minimum Gasteiger partial charge on any atom is -0.487 e. The van der Waals surface area contributed by atoms with Gasteiger partial charge in [0.1, 0.15) is 12.4 Å². The number of methoxy groups -OCH3 is 1. The highest BCUT2D eigenvalue weighted by Crippen LogP contribution is 2.44. The molecule has 1 aromatic carbocycles. The summed E-state index contributed by atoms with van der Waals surface area (Å²) in [5.74, 6) is 2.06. The Morgan fingerprint density at radius 2 is 2.00 bits per heavy atom. The molecule has 0 spiro atoms. The molecule has 1 fully saturated rings. The molecule has 1 aliphatic rings. The third kappa shape index (κ3) is 6.98. The lowest BCUT2D eigenvalue weighted by Gasteiger charge is -2.20. The molecule has 1 aromatic heterocycles. The first-order valence-electron chi connectivity index (χ1n) is 11.2. The van der Waals surface area contributed by atoms with Crippen LogP contribution in [0.2, 0.25) is 0 Å². The fraction of sp³-hybridized carbons (Fsp3) is 0.538. The lowest BCUT2D eigenvalue weighted by molar-refractivity contribution is -0.143. The zero-order valence-electron chi connectivity index (χ0n) is 19.4. The van der Waals surface area contributed by atoms with Crippen LogP contribution >= 0.6 is 0 Å². The van der Waals surface area contributed by atoms with Crippen molar-refractivity contribution in [2.45, 2.75) is 65.9 Å². The van der Waals surface area contributed by atoms with Gasteiger partial charge < -0.3 is 14.2 Å². The molecule has 2 aromatic rings. The van der Waals surface area contributed by atoms with E-state index in [2.05, 4.69) is 44.0 Å². The summed E-state index contributed by atoms with van der Waals surface area (Å²) in [4.78, 5) is 16.5. The number of hydrogen-bond donors (Lipinski definition) is 0. The number of carbonyl (C=O) groups is 1. The van der Waals surface area contributed by atoms with Crippen LogP contribution in [0.15, 0.2) is 36.5 Å². The number of rotatable bonds is 10. The second-order valence-corrected chi connectivity index (χ2v) is 9.56. The van der Waals surface area contributed by atoms with Crippen LogP contribution < -0.4 is 9.47 Å². The number of hydrogen-bond acceptors (Lipinski definition) is 5. The first kappa shape index (κ1) is 23.1. The maximum absolute atomic E-state index is 12.1. The Kier molecular flexibility index (Phi) is 7.58. The van der Waals surface area contributed by atoms with Crippen LogP contribution in [0, 0.1) is 11.3 Å².